The Morgan fingerprint density at radius 3 is 2.37 bits per heavy atom. The van der Waals surface area contributed by atoms with Gasteiger partial charge in [0.15, 0.2) is 5.76 Å². The van der Waals surface area contributed by atoms with Crippen molar-refractivity contribution in [3.63, 3.8) is 0 Å². The fourth-order valence-electron chi connectivity index (χ4n) is 3.95. The van der Waals surface area contributed by atoms with Crippen LogP contribution in [0.2, 0.25) is 0 Å². The Labute approximate surface area is 205 Å². The van der Waals surface area contributed by atoms with E-state index in [0.29, 0.717) is 25.4 Å². The van der Waals surface area contributed by atoms with Crippen LogP contribution in [-0.2, 0) is 19.6 Å². The summed E-state index contributed by atoms with van der Waals surface area (Å²) in [6.07, 6.45) is 0. The highest BCUT2D eigenvalue weighted by Gasteiger charge is 2.17. The first-order valence-electron chi connectivity index (χ1n) is 11.5. The Kier molecular flexibility index (Phi) is 7.95. The van der Waals surface area contributed by atoms with Crippen LogP contribution in [0.4, 0.5) is 4.39 Å². The molecule has 0 saturated carbocycles. The average Bonchev–Trinajstić information content (AvgIpc) is 3.33. The summed E-state index contributed by atoms with van der Waals surface area (Å²) in [5.74, 6) is 1.18. The van der Waals surface area contributed by atoms with Gasteiger partial charge in [-0.15, -0.1) is 0 Å². The number of hydrogen-bond donors (Lipinski definition) is 1. The zero-order chi connectivity index (χ0) is 24.6. The van der Waals surface area contributed by atoms with E-state index < -0.39 is 0 Å². The lowest BCUT2D eigenvalue weighted by molar-refractivity contribution is 0.0907. The van der Waals surface area contributed by atoms with Crippen LogP contribution >= 0.6 is 0 Å². The lowest BCUT2D eigenvalue weighted by Gasteiger charge is -2.22. The maximum absolute atomic E-state index is 13.8. The van der Waals surface area contributed by atoms with Crippen LogP contribution in [0.25, 0.3) is 0 Å². The number of rotatable bonds is 10. The average molecular weight is 473 g/mol. The molecule has 35 heavy (non-hydrogen) atoms. The van der Waals surface area contributed by atoms with Gasteiger partial charge in [0.2, 0.25) is 0 Å². The number of carbonyl (C=O) groups excluding carboxylic acids is 1. The van der Waals surface area contributed by atoms with E-state index in [1.165, 1.54) is 12.1 Å². The summed E-state index contributed by atoms with van der Waals surface area (Å²) < 4.78 is 24.9. The third-order valence-corrected chi connectivity index (χ3v) is 5.77. The molecule has 1 atom stereocenters. The van der Waals surface area contributed by atoms with Crippen molar-refractivity contribution in [2.24, 2.45) is 0 Å². The van der Waals surface area contributed by atoms with E-state index in [-0.39, 0.29) is 23.5 Å². The molecule has 1 unspecified atom stereocenters. The molecule has 1 amide bonds. The van der Waals surface area contributed by atoms with E-state index in [4.69, 9.17) is 9.15 Å². The second kappa shape index (κ2) is 11.5. The van der Waals surface area contributed by atoms with Crippen LogP contribution in [0.5, 0.6) is 5.75 Å². The van der Waals surface area contributed by atoms with Crippen molar-refractivity contribution in [3.05, 3.63) is 125 Å². The number of methoxy groups -OCH3 is 1. The van der Waals surface area contributed by atoms with Crippen LogP contribution in [0.15, 0.2) is 95.4 Å². The first-order chi connectivity index (χ1) is 17.0. The molecule has 0 bridgehead atoms. The van der Waals surface area contributed by atoms with Crippen LogP contribution in [0, 0.1) is 5.82 Å². The molecule has 0 radical (unpaired) electrons. The maximum atomic E-state index is 13.8. The summed E-state index contributed by atoms with van der Waals surface area (Å²) in [5.41, 5.74) is 2.97. The van der Waals surface area contributed by atoms with Gasteiger partial charge in [-0.05, 0) is 60.0 Å². The van der Waals surface area contributed by atoms with Gasteiger partial charge in [0.05, 0.1) is 19.7 Å². The molecule has 0 aliphatic heterocycles. The molecule has 0 aliphatic rings. The summed E-state index contributed by atoms with van der Waals surface area (Å²) in [6.45, 7) is 3.54. The smallest absolute Gasteiger partial charge is 0.287 e. The number of nitrogens with zero attached hydrogens (tertiary/aromatic N) is 1. The lowest BCUT2D eigenvalue weighted by atomic mass is 10.1. The highest BCUT2D eigenvalue weighted by Crippen LogP contribution is 2.19. The molecule has 180 valence electrons. The van der Waals surface area contributed by atoms with Gasteiger partial charge >= 0.3 is 0 Å². The zero-order valence-corrected chi connectivity index (χ0v) is 19.9. The summed E-state index contributed by atoms with van der Waals surface area (Å²) in [5, 5.41) is 2.98. The minimum Gasteiger partial charge on any atom is -0.497 e. The molecule has 0 aliphatic carbocycles. The van der Waals surface area contributed by atoms with E-state index in [2.05, 4.69) is 10.2 Å². The number of benzene rings is 3. The van der Waals surface area contributed by atoms with E-state index in [1.807, 2.05) is 73.7 Å². The Morgan fingerprint density at radius 1 is 0.914 bits per heavy atom. The SMILES string of the molecule is COc1ccc(CN(Cc2cccc(F)c2)Cc2ccc(C(=O)NC(C)c3ccccc3)o2)cc1. The van der Waals surface area contributed by atoms with Crippen molar-refractivity contribution >= 4 is 5.91 Å². The minimum atomic E-state index is -0.267. The molecular formula is C29H29FN2O3. The van der Waals surface area contributed by atoms with Gasteiger partial charge in [0.25, 0.3) is 5.91 Å². The number of ether oxygens (including phenoxy) is 1. The maximum Gasteiger partial charge on any atom is 0.287 e. The highest BCUT2D eigenvalue weighted by atomic mass is 19.1. The van der Waals surface area contributed by atoms with E-state index in [0.717, 1.165) is 22.4 Å². The predicted molar refractivity (Wildman–Crippen MR) is 133 cm³/mol. The molecule has 0 fully saturated rings. The summed E-state index contributed by atoms with van der Waals surface area (Å²) in [6, 6.07) is 27.6. The molecule has 0 spiro atoms. The molecule has 3 aromatic carbocycles. The van der Waals surface area contributed by atoms with Gasteiger partial charge in [0.1, 0.15) is 17.3 Å². The summed E-state index contributed by atoms with van der Waals surface area (Å²) in [4.78, 5) is 14.9. The van der Waals surface area contributed by atoms with Crippen molar-refractivity contribution in [3.8, 4) is 5.75 Å². The van der Waals surface area contributed by atoms with Gasteiger partial charge in [-0.1, -0.05) is 54.6 Å². The van der Waals surface area contributed by atoms with Gasteiger partial charge in [-0.3, -0.25) is 9.69 Å². The highest BCUT2D eigenvalue weighted by molar-refractivity contribution is 5.91. The summed E-state index contributed by atoms with van der Waals surface area (Å²) >= 11 is 0. The number of carbonyl (C=O) groups is 1. The Bertz CT molecular complexity index is 1240. The van der Waals surface area contributed by atoms with E-state index in [9.17, 15) is 9.18 Å². The second-order valence-electron chi connectivity index (χ2n) is 8.49. The third-order valence-electron chi connectivity index (χ3n) is 5.77. The van der Waals surface area contributed by atoms with E-state index in [1.54, 1.807) is 19.2 Å². The fraction of sp³-hybridized carbons (Fsp3) is 0.207. The topological polar surface area (TPSA) is 54.7 Å². The van der Waals surface area contributed by atoms with Crippen molar-refractivity contribution < 1.29 is 18.3 Å². The molecule has 4 aromatic rings. The van der Waals surface area contributed by atoms with Crippen molar-refractivity contribution in [1.82, 2.24) is 10.2 Å². The minimum absolute atomic E-state index is 0.142. The molecular weight excluding hydrogens is 443 g/mol. The van der Waals surface area contributed by atoms with E-state index >= 15 is 0 Å². The second-order valence-corrected chi connectivity index (χ2v) is 8.49. The van der Waals surface area contributed by atoms with Crippen molar-refractivity contribution in [1.29, 1.82) is 0 Å². The molecule has 0 saturated heterocycles. The number of furan rings is 1. The van der Waals surface area contributed by atoms with Gasteiger partial charge in [-0.25, -0.2) is 4.39 Å². The quantitative estimate of drug-likeness (QED) is 0.302. The molecule has 6 heteroatoms. The van der Waals surface area contributed by atoms with Gasteiger partial charge < -0.3 is 14.5 Å². The van der Waals surface area contributed by atoms with Crippen molar-refractivity contribution in [2.45, 2.75) is 32.6 Å². The monoisotopic (exact) mass is 472 g/mol. The summed E-state index contributed by atoms with van der Waals surface area (Å²) in [7, 11) is 1.64. The Morgan fingerprint density at radius 2 is 1.66 bits per heavy atom. The van der Waals surface area contributed by atoms with Crippen LogP contribution in [-0.4, -0.2) is 17.9 Å². The van der Waals surface area contributed by atoms with Gasteiger partial charge in [0, 0.05) is 13.1 Å². The third kappa shape index (κ3) is 6.80. The fourth-order valence-corrected chi connectivity index (χ4v) is 3.95. The zero-order valence-electron chi connectivity index (χ0n) is 19.9. The number of halogens is 1. The predicted octanol–water partition coefficient (Wildman–Crippen LogP) is 6.12. The Hall–Kier alpha value is -3.90. The standard InChI is InChI=1S/C29H29FN2O3/c1-21(24-8-4-3-5-9-24)31-29(33)28-16-15-27(35-28)20-32(19-23-7-6-10-25(30)17-23)18-22-11-13-26(34-2)14-12-22/h3-17,21H,18-20H2,1-2H3,(H,31,33). The number of amides is 1. The van der Waals surface area contributed by atoms with Crippen LogP contribution < -0.4 is 10.1 Å². The molecule has 1 aromatic heterocycles. The van der Waals surface area contributed by atoms with Crippen LogP contribution in [0.1, 0.15) is 46.0 Å². The number of nitrogens with one attached hydrogen (secondary N) is 1. The molecule has 4 rings (SSSR count). The lowest BCUT2D eigenvalue weighted by Crippen LogP contribution is -2.26. The normalized spacial score (nSPS) is 11.9. The van der Waals surface area contributed by atoms with Gasteiger partial charge in [-0.2, -0.15) is 0 Å². The molecule has 5 nitrogen and oxygen atoms in total. The first-order valence-corrected chi connectivity index (χ1v) is 11.5. The largest absolute Gasteiger partial charge is 0.497 e. The number of hydrogen-bond acceptors (Lipinski definition) is 4. The molecule has 1 N–H and O–H groups in total. The van der Waals surface area contributed by atoms with Crippen molar-refractivity contribution in [2.75, 3.05) is 7.11 Å². The molecule has 1 heterocycles. The Balaban J connectivity index is 1.46. The first kappa shape index (κ1) is 24.2. The van der Waals surface area contributed by atoms with Crippen LogP contribution in [0.3, 0.4) is 0 Å².